The summed E-state index contributed by atoms with van der Waals surface area (Å²) in [4.78, 5) is 23.9. The van der Waals surface area contributed by atoms with Crippen LogP contribution in [-0.4, -0.2) is 30.6 Å². The van der Waals surface area contributed by atoms with Gasteiger partial charge in [0, 0.05) is 30.3 Å². The van der Waals surface area contributed by atoms with Crippen molar-refractivity contribution in [2.24, 2.45) is 5.92 Å². The molecule has 1 aliphatic carbocycles. The number of hydrogen-bond donors (Lipinski definition) is 3. The van der Waals surface area contributed by atoms with Gasteiger partial charge in [-0.25, -0.2) is 4.79 Å². The summed E-state index contributed by atoms with van der Waals surface area (Å²) in [5.74, 6) is 0.610. The number of nitrogens with one attached hydrogen (secondary N) is 2. The van der Waals surface area contributed by atoms with Crippen molar-refractivity contribution >= 4 is 23.3 Å². The Balaban J connectivity index is 1.56. The number of aromatic carboxylic acids is 1. The largest absolute Gasteiger partial charge is 0.496 e. The molecule has 0 radical (unpaired) electrons. The average Bonchev–Trinajstić information content (AvgIpc) is 3.44. The quantitative estimate of drug-likeness (QED) is 0.500. The molecule has 6 nitrogen and oxygen atoms in total. The third kappa shape index (κ3) is 4.59. The first-order valence-corrected chi connectivity index (χ1v) is 11.6. The molecule has 1 saturated carbocycles. The van der Waals surface area contributed by atoms with Crippen LogP contribution in [0.3, 0.4) is 0 Å². The van der Waals surface area contributed by atoms with E-state index in [1.807, 2.05) is 18.2 Å². The Hall–Kier alpha value is -3.02. The number of hydrogen-bond acceptors (Lipinski definition) is 4. The maximum Gasteiger partial charge on any atom is 0.335 e. The standard InChI is InChI=1S/C26H32N2O4/c1-3-19(20-10-8-17(26(30)31)13-24(20)32-2)22-15-27-23-11-9-18(14-21(22)23)28-25(29)12-16-6-4-5-7-16/h8-11,13-14,16,19,22,27H,3-7,12,15H2,1-2H3,(H,28,29)(H,30,31). The van der Waals surface area contributed by atoms with E-state index in [0.29, 0.717) is 18.1 Å². The average molecular weight is 437 g/mol. The van der Waals surface area contributed by atoms with Gasteiger partial charge in [0.15, 0.2) is 0 Å². The molecule has 2 aliphatic rings. The molecule has 32 heavy (non-hydrogen) atoms. The van der Waals surface area contributed by atoms with Gasteiger partial charge in [0.1, 0.15) is 5.75 Å². The normalized spacial score (nSPS) is 18.6. The van der Waals surface area contributed by atoms with Gasteiger partial charge in [-0.15, -0.1) is 0 Å². The van der Waals surface area contributed by atoms with Crippen LogP contribution in [0.5, 0.6) is 5.75 Å². The second kappa shape index (κ2) is 9.63. The summed E-state index contributed by atoms with van der Waals surface area (Å²) < 4.78 is 5.57. The molecule has 1 heterocycles. The number of ether oxygens (including phenoxy) is 1. The molecule has 3 N–H and O–H groups in total. The van der Waals surface area contributed by atoms with Crippen molar-refractivity contribution in [3.05, 3.63) is 53.1 Å². The van der Waals surface area contributed by atoms with Gasteiger partial charge in [0.25, 0.3) is 0 Å². The summed E-state index contributed by atoms with van der Waals surface area (Å²) in [5, 5.41) is 15.9. The molecular weight excluding hydrogens is 404 g/mol. The predicted octanol–water partition coefficient (Wildman–Crippen LogP) is 5.62. The highest BCUT2D eigenvalue weighted by molar-refractivity contribution is 5.91. The number of amides is 1. The van der Waals surface area contributed by atoms with Gasteiger partial charge in [-0.05, 0) is 72.6 Å². The third-order valence-corrected chi connectivity index (χ3v) is 7.00. The summed E-state index contributed by atoms with van der Waals surface area (Å²) >= 11 is 0. The van der Waals surface area contributed by atoms with Crippen molar-refractivity contribution < 1.29 is 19.4 Å². The van der Waals surface area contributed by atoms with Crippen molar-refractivity contribution in [2.75, 3.05) is 24.3 Å². The number of rotatable bonds is 8. The van der Waals surface area contributed by atoms with E-state index < -0.39 is 5.97 Å². The third-order valence-electron chi connectivity index (χ3n) is 7.00. The van der Waals surface area contributed by atoms with Crippen LogP contribution in [0, 0.1) is 5.92 Å². The molecule has 1 fully saturated rings. The topological polar surface area (TPSA) is 87.7 Å². The fourth-order valence-electron chi connectivity index (χ4n) is 5.36. The molecule has 2 aromatic carbocycles. The minimum Gasteiger partial charge on any atom is -0.496 e. The van der Waals surface area contributed by atoms with Gasteiger partial charge in [-0.1, -0.05) is 25.8 Å². The van der Waals surface area contributed by atoms with E-state index in [4.69, 9.17) is 4.74 Å². The summed E-state index contributed by atoms with van der Waals surface area (Å²) in [6.07, 6.45) is 6.27. The number of methoxy groups -OCH3 is 1. The number of benzene rings is 2. The monoisotopic (exact) mass is 436 g/mol. The molecule has 2 unspecified atom stereocenters. The minimum atomic E-state index is -0.964. The van der Waals surface area contributed by atoms with Crippen LogP contribution in [0.2, 0.25) is 0 Å². The van der Waals surface area contributed by atoms with Gasteiger partial charge in [-0.3, -0.25) is 4.79 Å². The smallest absolute Gasteiger partial charge is 0.335 e. The van der Waals surface area contributed by atoms with Crippen molar-refractivity contribution in [2.45, 2.75) is 57.3 Å². The highest BCUT2D eigenvalue weighted by atomic mass is 16.5. The van der Waals surface area contributed by atoms with Crippen LogP contribution in [0.25, 0.3) is 0 Å². The summed E-state index contributed by atoms with van der Waals surface area (Å²) in [7, 11) is 1.58. The molecule has 2 aromatic rings. The predicted molar refractivity (Wildman–Crippen MR) is 126 cm³/mol. The van der Waals surface area contributed by atoms with Crippen LogP contribution in [-0.2, 0) is 4.79 Å². The molecule has 0 aromatic heterocycles. The van der Waals surface area contributed by atoms with Gasteiger partial charge in [-0.2, -0.15) is 0 Å². The Bertz CT molecular complexity index is 997. The van der Waals surface area contributed by atoms with E-state index in [1.165, 1.54) is 18.4 Å². The molecule has 6 heteroatoms. The summed E-state index contributed by atoms with van der Waals surface area (Å²) in [5.41, 5.74) is 4.33. The molecule has 4 rings (SSSR count). The maximum absolute atomic E-state index is 12.5. The molecule has 1 aliphatic heterocycles. The molecule has 1 amide bonds. The van der Waals surface area contributed by atoms with E-state index >= 15 is 0 Å². The molecule has 170 valence electrons. The second-order valence-electron chi connectivity index (χ2n) is 8.97. The highest BCUT2D eigenvalue weighted by Gasteiger charge is 2.32. The van der Waals surface area contributed by atoms with E-state index in [-0.39, 0.29) is 23.3 Å². The van der Waals surface area contributed by atoms with Gasteiger partial charge < -0.3 is 20.5 Å². The summed E-state index contributed by atoms with van der Waals surface area (Å²) in [6.45, 7) is 2.93. The van der Waals surface area contributed by atoms with Gasteiger partial charge in [0.05, 0.1) is 12.7 Å². The zero-order valence-electron chi connectivity index (χ0n) is 18.8. The number of fused-ring (bicyclic) bond motifs is 1. The van der Waals surface area contributed by atoms with Crippen LogP contribution >= 0.6 is 0 Å². The Labute approximate surface area is 189 Å². The van der Waals surface area contributed by atoms with Crippen molar-refractivity contribution in [3.63, 3.8) is 0 Å². The number of carbonyl (C=O) groups excluding carboxylic acids is 1. The van der Waals surface area contributed by atoms with E-state index in [1.54, 1.807) is 19.2 Å². The lowest BCUT2D eigenvalue weighted by atomic mass is 9.80. The SMILES string of the molecule is CCC(c1ccc(C(=O)O)cc1OC)C1CNc2ccc(NC(=O)CC3CCCC3)cc21. The first-order valence-electron chi connectivity index (χ1n) is 11.6. The van der Waals surface area contributed by atoms with Crippen LogP contribution in [0.4, 0.5) is 11.4 Å². The van der Waals surface area contributed by atoms with E-state index in [2.05, 4.69) is 23.6 Å². The number of anilines is 2. The van der Waals surface area contributed by atoms with Gasteiger partial charge >= 0.3 is 5.97 Å². The van der Waals surface area contributed by atoms with Crippen molar-refractivity contribution in [1.82, 2.24) is 0 Å². The molecule has 2 atom stereocenters. The molecule has 0 bridgehead atoms. The lowest BCUT2D eigenvalue weighted by Crippen LogP contribution is -2.16. The Morgan fingerprint density at radius 2 is 1.97 bits per heavy atom. The van der Waals surface area contributed by atoms with Crippen LogP contribution < -0.4 is 15.4 Å². The van der Waals surface area contributed by atoms with Gasteiger partial charge in [0.2, 0.25) is 5.91 Å². The molecular formula is C26H32N2O4. The van der Waals surface area contributed by atoms with E-state index in [9.17, 15) is 14.7 Å². The highest BCUT2D eigenvalue weighted by Crippen LogP contribution is 2.46. The maximum atomic E-state index is 12.5. The fraction of sp³-hybridized carbons (Fsp3) is 0.462. The Kier molecular flexibility index (Phi) is 6.68. The van der Waals surface area contributed by atoms with E-state index in [0.717, 1.165) is 42.7 Å². The lowest BCUT2D eigenvalue weighted by molar-refractivity contribution is -0.117. The minimum absolute atomic E-state index is 0.0947. The Morgan fingerprint density at radius 1 is 1.19 bits per heavy atom. The zero-order chi connectivity index (χ0) is 22.7. The van der Waals surface area contributed by atoms with Crippen molar-refractivity contribution in [3.8, 4) is 5.75 Å². The number of carboxylic acids is 1. The van der Waals surface area contributed by atoms with Crippen molar-refractivity contribution in [1.29, 1.82) is 0 Å². The fourth-order valence-corrected chi connectivity index (χ4v) is 5.36. The zero-order valence-corrected chi connectivity index (χ0v) is 18.8. The first kappa shape index (κ1) is 22.2. The van der Waals surface area contributed by atoms with Crippen LogP contribution in [0.15, 0.2) is 36.4 Å². The lowest BCUT2D eigenvalue weighted by Gasteiger charge is -2.25. The first-order chi connectivity index (χ1) is 15.5. The second-order valence-corrected chi connectivity index (χ2v) is 8.97. The molecule has 0 saturated heterocycles. The summed E-state index contributed by atoms with van der Waals surface area (Å²) in [6, 6.07) is 11.2. The van der Waals surface area contributed by atoms with Crippen LogP contribution in [0.1, 0.15) is 78.8 Å². The Morgan fingerprint density at radius 3 is 2.66 bits per heavy atom. The molecule has 0 spiro atoms. The number of carboxylic acid groups (broad SMARTS) is 1. The number of carbonyl (C=O) groups is 2.